The number of rotatable bonds is 53. The molecule has 3 aliphatic heterocycles. The number of ether oxygens (including phenoxy) is 11. The molecule has 0 aliphatic carbocycles. The Labute approximate surface area is 696 Å². The van der Waals surface area contributed by atoms with Crippen LogP contribution < -0.4 is 52.6 Å². The summed E-state index contributed by atoms with van der Waals surface area (Å²) in [6.45, 7) is 17.1. The first-order valence-electron chi connectivity index (χ1n) is 40.9. The highest BCUT2D eigenvalue weighted by Crippen LogP contribution is 2.34. The second-order valence-corrected chi connectivity index (χ2v) is 29.5. The summed E-state index contributed by atoms with van der Waals surface area (Å²) in [4.78, 5) is 125. The molecule has 2 fully saturated rings. The van der Waals surface area contributed by atoms with Crippen LogP contribution in [0.2, 0.25) is 0 Å². The predicted molar refractivity (Wildman–Crippen MR) is 445 cm³/mol. The number of urea groups is 1. The van der Waals surface area contributed by atoms with Gasteiger partial charge < -0.3 is 109 Å². The van der Waals surface area contributed by atoms with Gasteiger partial charge in [0.05, 0.1) is 144 Å². The molecular weight excluding hydrogens is 1530 g/mol. The number of fused-ring (bicyclic) bond motifs is 3. The molecule has 9 rings (SSSR count). The highest BCUT2D eigenvalue weighted by molar-refractivity contribution is 6.00. The van der Waals surface area contributed by atoms with Gasteiger partial charge in [-0.15, -0.1) is 0 Å². The molecule has 9 N–H and O–H groups in total. The Morgan fingerprint density at radius 3 is 1.93 bits per heavy atom. The van der Waals surface area contributed by atoms with Gasteiger partial charge in [-0.3, -0.25) is 33.7 Å². The first-order chi connectivity index (χ1) is 57.8. The number of nitrogens with two attached hydrogens (primary N) is 1. The van der Waals surface area contributed by atoms with E-state index < -0.39 is 77.8 Å². The SMILES string of the molecule is CCCCCNc1nc(C)nc2ccn(Cc3ccc(CN4CC5(C4)CN(C(=O)OCc4ccc(NC(=O)[C@H](CCCNC(N)=O)NC(=O)[C@@H](NC(=O)[C@H](CNC(=O)CCOCCOCCOCCOCCOCCOCCOCCOC)NC(=O)CCC(=O)N6Cc7ccccc7C#Cc7ccccc76)C(C)C)cc4)CCO5)cc3OC)c12. The number of likely N-dealkylation sites (tertiary alicyclic amines) is 1. The first kappa shape index (κ1) is 92.5. The lowest BCUT2D eigenvalue weighted by molar-refractivity contribution is -0.181. The number of benzene rings is 4. The molecule has 0 radical (unpaired) electrons. The number of carbonyl (C=O) groups is 8. The van der Waals surface area contributed by atoms with E-state index in [2.05, 4.69) is 83.6 Å². The lowest BCUT2D eigenvalue weighted by Crippen LogP contribution is -2.70. The molecule has 0 bridgehead atoms. The number of nitrogens with zero attached hydrogens (tertiary/aromatic N) is 6. The molecule has 6 aromatic rings. The van der Waals surface area contributed by atoms with Crippen LogP contribution in [-0.2, 0) is 102 Å². The van der Waals surface area contributed by atoms with Gasteiger partial charge in [0.1, 0.15) is 47.4 Å². The van der Waals surface area contributed by atoms with E-state index in [0.717, 1.165) is 70.7 Å². The van der Waals surface area contributed by atoms with E-state index >= 15 is 0 Å². The largest absolute Gasteiger partial charge is 0.496 e. The Morgan fingerprint density at radius 1 is 0.622 bits per heavy atom. The summed E-state index contributed by atoms with van der Waals surface area (Å²) in [5, 5.41) is 19.8. The molecule has 5 heterocycles. The van der Waals surface area contributed by atoms with Gasteiger partial charge in [-0.05, 0) is 91.3 Å². The molecule has 119 heavy (non-hydrogen) atoms. The van der Waals surface area contributed by atoms with Crippen LogP contribution in [0.5, 0.6) is 5.75 Å². The zero-order valence-corrected chi connectivity index (χ0v) is 69.4. The minimum absolute atomic E-state index is 0.00465. The number of aryl methyl sites for hydroxylation is 1. The minimum atomic E-state index is -1.47. The molecule has 2 aromatic heterocycles. The van der Waals surface area contributed by atoms with Gasteiger partial charge in [-0.1, -0.05) is 100 Å². The van der Waals surface area contributed by atoms with Gasteiger partial charge in [0.25, 0.3) is 0 Å². The Balaban J connectivity index is 0.736. The van der Waals surface area contributed by atoms with Crippen molar-refractivity contribution in [1.82, 2.24) is 50.9 Å². The number of hydrogen-bond donors (Lipinski definition) is 8. The normalized spacial score (nSPS) is 14.2. The lowest BCUT2D eigenvalue weighted by Gasteiger charge is -2.53. The van der Waals surface area contributed by atoms with Crippen LogP contribution in [0.4, 0.5) is 26.8 Å². The number of unbranched alkanes of at least 4 members (excludes halogenated alkanes) is 2. The topological polar surface area (TPSA) is 389 Å². The highest BCUT2D eigenvalue weighted by atomic mass is 16.6. The molecular formula is C86H118N14O19. The zero-order chi connectivity index (χ0) is 84.6. The molecule has 3 atom stereocenters. The maximum Gasteiger partial charge on any atom is 0.410 e. The summed E-state index contributed by atoms with van der Waals surface area (Å²) in [7, 11) is 3.30. The summed E-state index contributed by atoms with van der Waals surface area (Å²) in [5.74, 6) is 4.24. The fourth-order valence-electron chi connectivity index (χ4n) is 13.7. The third kappa shape index (κ3) is 30.7. The smallest absolute Gasteiger partial charge is 0.410 e. The van der Waals surface area contributed by atoms with E-state index in [4.69, 9.17) is 67.8 Å². The predicted octanol–water partition coefficient (Wildman–Crippen LogP) is 6.12. The van der Waals surface area contributed by atoms with Gasteiger partial charge in [-0.25, -0.2) is 19.6 Å². The van der Waals surface area contributed by atoms with Gasteiger partial charge in [0, 0.05) is 101 Å². The number of morpholine rings is 1. The number of aromatic nitrogens is 3. The number of hydrogen-bond acceptors (Lipinski definition) is 23. The molecule has 3 aliphatic rings. The third-order valence-electron chi connectivity index (χ3n) is 19.9. The maximum absolute atomic E-state index is 14.5. The van der Waals surface area contributed by atoms with Crippen molar-refractivity contribution in [2.24, 2.45) is 11.7 Å². The number of para-hydroxylation sites is 1. The van der Waals surface area contributed by atoms with Crippen LogP contribution >= 0.6 is 0 Å². The average Bonchev–Trinajstić information content (AvgIpc) is 1.68. The monoisotopic (exact) mass is 1650 g/mol. The van der Waals surface area contributed by atoms with Crippen LogP contribution in [0.15, 0.2) is 103 Å². The zero-order valence-electron chi connectivity index (χ0n) is 69.4. The highest BCUT2D eigenvalue weighted by Gasteiger charge is 2.48. The number of primary amides is 1. The van der Waals surface area contributed by atoms with E-state index in [-0.39, 0.29) is 77.5 Å². The second-order valence-electron chi connectivity index (χ2n) is 29.5. The molecule has 1 spiro atoms. The van der Waals surface area contributed by atoms with Crippen molar-refractivity contribution in [2.75, 3.05) is 181 Å². The Hall–Kier alpha value is -10.4. The van der Waals surface area contributed by atoms with Crippen molar-refractivity contribution in [3.05, 3.63) is 142 Å². The van der Waals surface area contributed by atoms with Crippen molar-refractivity contribution in [3.8, 4) is 17.6 Å². The summed E-state index contributed by atoms with van der Waals surface area (Å²) in [5.41, 5.74) is 12.5. The molecule has 9 amide bonds. The van der Waals surface area contributed by atoms with E-state index in [9.17, 15) is 38.4 Å². The number of carbonyl (C=O) groups excluding carboxylic acids is 8. The molecule has 4 aromatic carbocycles. The summed E-state index contributed by atoms with van der Waals surface area (Å²) in [6, 6.07) is 24.9. The van der Waals surface area contributed by atoms with E-state index in [1.54, 1.807) is 74.3 Å². The fraction of sp³-hybridized carbons (Fsp3) is 0.535. The van der Waals surface area contributed by atoms with E-state index in [0.29, 0.717) is 153 Å². The third-order valence-corrected chi connectivity index (χ3v) is 19.9. The van der Waals surface area contributed by atoms with E-state index in [1.165, 1.54) is 0 Å². The molecule has 0 unspecified atom stereocenters. The molecule has 33 heteroatoms. The van der Waals surface area contributed by atoms with Gasteiger partial charge >= 0.3 is 12.1 Å². The van der Waals surface area contributed by atoms with Crippen LogP contribution in [0, 0.1) is 24.7 Å². The maximum atomic E-state index is 14.5. The van der Waals surface area contributed by atoms with Gasteiger partial charge in [-0.2, -0.15) is 0 Å². The Morgan fingerprint density at radius 2 is 1.27 bits per heavy atom. The first-order valence-corrected chi connectivity index (χ1v) is 40.9. The number of nitrogens with one attached hydrogen (secondary N) is 7. The summed E-state index contributed by atoms with van der Waals surface area (Å²) in [6.07, 6.45) is 4.33. The molecule has 0 saturated carbocycles. The Kier molecular flexibility index (Phi) is 38.8. The molecule has 646 valence electrons. The summed E-state index contributed by atoms with van der Waals surface area (Å²) >= 11 is 0. The number of anilines is 3. The van der Waals surface area contributed by atoms with Crippen molar-refractivity contribution in [2.45, 2.75) is 129 Å². The van der Waals surface area contributed by atoms with Crippen LogP contribution in [0.3, 0.4) is 0 Å². The minimum Gasteiger partial charge on any atom is -0.496 e. The molecule has 2 saturated heterocycles. The number of methoxy groups -OCH3 is 2. The van der Waals surface area contributed by atoms with Crippen molar-refractivity contribution in [1.29, 1.82) is 0 Å². The Bertz CT molecular complexity index is 4300. The second kappa shape index (κ2) is 49.9. The fourth-order valence-corrected chi connectivity index (χ4v) is 13.7. The summed E-state index contributed by atoms with van der Waals surface area (Å²) < 4.78 is 63.8. The van der Waals surface area contributed by atoms with Crippen molar-refractivity contribution in [3.63, 3.8) is 0 Å². The van der Waals surface area contributed by atoms with Crippen LogP contribution in [0.1, 0.15) is 111 Å². The quantitative estimate of drug-likeness (QED) is 0.0157. The lowest BCUT2D eigenvalue weighted by atomic mass is 9.91. The van der Waals surface area contributed by atoms with Crippen molar-refractivity contribution >= 4 is 75.8 Å². The molecule has 33 nitrogen and oxygen atoms in total. The van der Waals surface area contributed by atoms with E-state index in [1.807, 2.05) is 55.6 Å². The van der Waals surface area contributed by atoms with Gasteiger partial charge in [0.2, 0.25) is 35.4 Å². The van der Waals surface area contributed by atoms with Crippen LogP contribution in [0.25, 0.3) is 11.0 Å². The van der Waals surface area contributed by atoms with Gasteiger partial charge in [0.15, 0.2) is 5.82 Å². The standard InChI is InChI=1S/C86H118N14O19/c1-7-8-13-32-88-80-79-70(91-62(4)92-80)30-34-98(79)55-68-23-20-64(52-74(68)110-6)54-97-58-86(59-97)60-99(35-37-119-86)85(108)118-57-63-21-26-69(27-22-63)93-81(104)71(18-14-33-89-84(87)107)95-83(106)78(61(2)3)96-82(105)72(94-76(102)28-29-77(103)100-56-67-17-10-9-15-65(67)24-25-66-16-11-12-19-73(66)100)53-90-75(101)31-36-111-40-41-113-44-45-115-48-49-117-51-50-116-47-46-114-43-42-112-39-38-109-5/h9-12,15-17,19-23,26-27,30,34,52,61,71-72,78H,7-8,13-14,18,28-29,31-33,35-51,53-60H2,1-6H3,(H,90,101)(H,93,104)(H,94,102)(H,95,106)(H,96,105)(H3,87,89,107)(H,88,91,92)/t71-,72-,78-/m0/s1. The average molecular weight is 1650 g/mol. The van der Waals surface area contributed by atoms with Crippen LogP contribution in [-0.4, -0.2) is 261 Å². The number of amides is 9. The van der Waals surface area contributed by atoms with Crippen molar-refractivity contribution < 1.29 is 90.5 Å².